The van der Waals surface area contributed by atoms with E-state index in [0.29, 0.717) is 27.9 Å². The molecule has 2 heterocycles. The van der Waals surface area contributed by atoms with Crippen molar-refractivity contribution in [3.8, 4) is 22.8 Å². The van der Waals surface area contributed by atoms with E-state index in [2.05, 4.69) is 10.4 Å². The van der Waals surface area contributed by atoms with E-state index in [9.17, 15) is 9.59 Å². The van der Waals surface area contributed by atoms with Gasteiger partial charge in [0.15, 0.2) is 11.5 Å². The zero-order valence-electron chi connectivity index (χ0n) is 16.7. The van der Waals surface area contributed by atoms with Crippen molar-refractivity contribution >= 4 is 23.2 Å². The van der Waals surface area contributed by atoms with Crippen LogP contribution in [0.2, 0.25) is 5.02 Å². The van der Waals surface area contributed by atoms with E-state index in [0.717, 1.165) is 11.1 Å². The van der Waals surface area contributed by atoms with Gasteiger partial charge in [-0.3, -0.25) is 9.59 Å². The fourth-order valence-electron chi connectivity index (χ4n) is 3.12. The molecule has 0 unspecified atom stereocenters. The van der Waals surface area contributed by atoms with Crippen LogP contribution in [0.4, 0.5) is 5.69 Å². The molecule has 0 saturated carbocycles. The first-order valence-corrected chi connectivity index (χ1v) is 9.72. The largest absolute Gasteiger partial charge is 0.454 e. The predicted octanol–water partition coefficient (Wildman–Crippen LogP) is 3.97. The lowest BCUT2D eigenvalue weighted by molar-refractivity contribution is -0.123. The van der Waals surface area contributed by atoms with E-state index in [1.807, 2.05) is 19.1 Å². The van der Waals surface area contributed by atoms with Crippen LogP contribution in [-0.2, 0) is 10.3 Å². The van der Waals surface area contributed by atoms with Crippen LogP contribution in [0.15, 0.2) is 53.3 Å². The molecule has 3 aromatic rings. The van der Waals surface area contributed by atoms with Gasteiger partial charge in [0.2, 0.25) is 6.79 Å². The molecule has 0 fully saturated rings. The number of rotatable bonds is 4. The highest BCUT2D eigenvalue weighted by Crippen LogP contribution is 2.35. The number of anilines is 1. The van der Waals surface area contributed by atoms with Crippen molar-refractivity contribution < 1.29 is 14.3 Å². The molecule has 0 aliphatic carbocycles. The van der Waals surface area contributed by atoms with E-state index in [-0.39, 0.29) is 18.3 Å². The summed E-state index contributed by atoms with van der Waals surface area (Å²) in [5.41, 5.74) is 1.08. The third-order valence-corrected chi connectivity index (χ3v) is 5.24. The number of nitrogens with zero attached hydrogens (tertiary/aromatic N) is 2. The first kappa shape index (κ1) is 20.0. The van der Waals surface area contributed by atoms with Crippen molar-refractivity contribution in [1.82, 2.24) is 9.78 Å². The van der Waals surface area contributed by atoms with Crippen LogP contribution in [0.25, 0.3) is 11.3 Å². The van der Waals surface area contributed by atoms with Gasteiger partial charge >= 0.3 is 0 Å². The van der Waals surface area contributed by atoms with Gasteiger partial charge in [0.05, 0.1) is 5.69 Å². The van der Waals surface area contributed by atoms with Crippen molar-refractivity contribution in [2.45, 2.75) is 26.3 Å². The zero-order valence-corrected chi connectivity index (χ0v) is 17.5. The fourth-order valence-corrected chi connectivity index (χ4v) is 3.29. The van der Waals surface area contributed by atoms with Crippen LogP contribution < -0.4 is 20.3 Å². The number of nitrogens with one attached hydrogen (secondary N) is 1. The molecule has 2 aromatic carbocycles. The number of amides is 1. The van der Waals surface area contributed by atoms with Crippen molar-refractivity contribution in [1.29, 1.82) is 0 Å². The second-order valence-electron chi connectivity index (χ2n) is 7.51. The molecule has 1 amide bonds. The quantitative estimate of drug-likeness (QED) is 0.683. The molecule has 0 bridgehead atoms. The minimum atomic E-state index is -1.25. The van der Waals surface area contributed by atoms with Gasteiger partial charge in [-0.1, -0.05) is 17.7 Å². The monoisotopic (exact) mass is 425 g/mol. The highest BCUT2D eigenvalue weighted by molar-refractivity contribution is 6.31. The van der Waals surface area contributed by atoms with Gasteiger partial charge < -0.3 is 14.8 Å². The van der Waals surface area contributed by atoms with Gasteiger partial charge in [-0.25, -0.2) is 4.68 Å². The Bertz CT molecular complexity index is 1200. The summed E-state index contributed by atoms with van der Waals surface area (Å²) in [5, 5.41) is 7.82. The Balaban J connectivity index is 1.68. The van der Waals surface area contributed by atoms with Crippen LogP contribution in [-0.4, -0.2) is 22.5 Å². The highest BCUT2D eigenvalue weighted by Gasteiger charge is 2.32. The molecule has 1 aromatic heterocycles. The van der Waals surface area contributed by atoms with Gasteiger partial charge in [0, 0.05) is 22.3 Å². The molecule has 30 heavy (non-hydrogen) atoms. The molecule has 1 N–H and O–H groups in total. The summed E-state index contributed by atoms with van der Waals surface area (Å²) in [6.45, 7) is 5.31. The van der Waals surface area contributed by atoms with E-state index >= 15 is 0 Å². The number of aryl methyl sites for hydroxylation is 1. The lowest BCUT2D eigenvalue weighted by Gasteiger charge is -2.26. The molecule has 0 spiro atoms. The molecule has 1 aliphatic rings. The van der Waals surface area contributed by atoms with Crippen molar-refractivity contribution in [3.63, 3.8) is 0 Å². The Morgan fingerprint density at radius 2 is 1.87 bits per heavy atom. The Morgan fingerprint density at radius 3 is 2.67 bits per heavy atom. The molecule has 0 atom stereocenters. The summed E-state index contributed by atoms with van der Waals surface area (Å²) in [7, 11) is 0. The van der Waals surface area contributed by atoms with Crippen LogP contribution in [0.5, 0.6) is 11.5 Å². The minimum absolute atomic E-state index is 0.168. The van der Waals surface area contributed by atoms with Gasteiger partial charge in [0.25, 0.3) is 11.5 Å². The van der Waals surface area contributed by atoms with Gasteiger partial charge in [-0.2, -0.15) is 5.10 Å². The first-order chi connectivity index (χ1) is 14.3. The zero-order chi connectivity index (χ0) is 21.5. The second kappa shape index (κ2) is 7.50. The average molecular weight is 426 g/mol. The minimum Gasteiger partial charge on any atom is -0.454 e. The number of carbonyl (C=O) groups is 1. The van der Waals surface area contributed by atoms with Crippen molar-refractivity contribution in [2.75, 3.05) is 12.1 Å². The number of benzene rings is 2. The number of hydrogen-bond donors (Lipinski definition) is 1. The summed E-state index contributed by atoms with van der Waals surface area (Å²) >= 11 is 6.05. The molecular weight excluding hydrogens is 406 g/mol. The normalized spacial score (nSPS) is 12.7. The molecule has 154 valence electrons. The molecule has 0 radical (unpaired) electrons. The summed E-state index contributed by atoms with van der Waals surface area (Å²) in [6.07, 6.45) is 0. The number of carbonyl (C=O) groups excluding carboxylic acids is 1. The van der Waals surface area contributed by atoms with Gasteiger partial charge in [-0.15, -0.1) is 0 Å². The highest BCUT2D eigenvalue weighted by atomic mass is 35.5. The van der Waals surface area contributed by atoms with Crippen LogP contribution in [0.3, 0.4) is 0 Å². The molecule has 4 rings (SSSR count). The predicted molar refractivity (Wildman–Crippen MR) is 114 cm³/mol. The number of hydrogen-bond acceptors (Lipinski definition) is 5. The number of aromatic nitrogens is 2. The van der Waals surface area contributed by atoms with Crippen molar-refractivity contribution in [3.05, 3.63) is 69.5 Å². The third kappa shape index (κ3) is 3.64. The average Bonchev–Trinajstić information content (AvgIpc) is 3.18. The fraction of sp³-hybridized carbons (Fsp3) is 0.227. The van der Waals surface area contributed by atoms with Crippen LogP contribution in [0, 0.1) is 6.92 Å². The molecule has 7 nitrogen and oxygen atoms in total. The summed E-state index contributed by atoms with van der Waals surface area (Å²) in [5.74, 6) is 0.884. The molecule has 0 saturated heterocycles. The lowest BCUT2D eigenvalue weighted by Crippen LogP contribution is -2.47. The Labute approximate surface area is 178 Å². The smallest absolute Gasteiger partial charge is 0.267 e. The third-order valence-electron chi connectivity index (χ3n) is 5.00. The summed E-state index contributed by atoms with van der Waals surface area (Å²) in [4.78, 5) is 25.6. The molecule has 8 heteroatoms. The van der Waals surface area contributed by atoms with Crippen molar-refractivity contribution in [2.24, 2.45) is 0 Å². The van der Waals surface area contributed by atoms with E-state index in [1.54, 1.807) is 44.2 Å². The van der Waals surface area contributed by atoms with Gasteiger partial charge in [-0.05, 0) is 62.7 Å². The topological polar surface area (TPSA) is 82.5 Å². The first-order valence-electron chi connectivity index (χ1n) is 9.34. The van der Waals surface area contributed by atoms with Gasteiger partial charge in [0.1, 0.15) is 5.54 Å². The van der Waals surface area contributed by atoms with E-state index in [1.165, 1.54) is 10.7 Å². The lowest BCUT2D eigenvalue weighted by atomic mass is 10.0. The Kier molecular flexibility index (Phi) is 4.99. The summed E-state index contributed by atoms with van der Waals surface area (Å²) in [6, 6.07) is 13.7. The summed E-state index contributed by atoms with van der Waals surface area (Å²) < 4.78 is 11.9. The maximum absolute atomic E-state index is 13.1. The van der Waals surface area contributed by atoms with E-state index in [4.69, 9.17) is 21.1 Å². The maximum Gasteiger partial charge on any atom is 0.267 e. The number of fused-ring (bicyclic) bond motifs is 1. The number of ether oxygens (including phenoxy) is 2. The number of halogens is 1. The van der Waals surface area contributed by atoms with Crippen LogP contribution in [0.1, 0.15) is 19.4 Å². The standard InChI is InChI=1S/C22H20ClN3O4/c1-13-4-6-15(23)11-17(13)24-21(28)22(2,3)26-20(27)9-7-16(25-26)14-5-8-18-19(10-14)30-12-29-18/h4-11H,12H2,1-3H3,(H,24,28). The Hall–Kier alpha value is -3.32. The van der Waals surface area contributed by atoms with E-state index < -0.39 is 5.54 Å². The second-order valence-corrected chi connectivity index (χ2v) is 7.95. The maximum atomic E-state index is 13.1. The Morgan fingerprint density at radius 1 is 1.10 bits per heavy atom. The molecular formula is C22H20ClN3O4. The SMILES string of the molecule is Cc1ccc(Cl)cc1NC(=O)C(C)(C)n1nc(-c2ccc3c(c2)OCO3)ccc1=O. The van der Waals surface area contributed by atoms with Crippen LogP contribution >= 0.6 is 11.6 Å². The molecule has 1 aliphatic heterocycles.